The van der Waals surface area contributed by atoms with Crippen molar-refractivity contribution in [3.8, 4) is 0 Å². The van der Waals surface area contributed by atoms with E-state index < -0.39 is 23.4 Å². The van der Waals surface area contributed by atoms with Crippen molar-refractivity contribution in [3.05, 3.63) is 46.9 Å². The van der Waals surface area contributed by atoms with Gasteiger partial charge < -0.3 is 4.90 Å². The number of hydrogen-bond donors (Lipinski definition) is 2. The number of nitrogens with zero attached hydrogens (tertiary/aromatic N) is 4. The van der Waals surface area contributed by atoms with E-state index in [1.54, 1.807) is 11.5 Å². The fraction of sp³-hybridized carbons (Fsp3) is 0.545. The predicted molar refractivity (Wildman–Crippen MR) is 119 cm³/mol. The van der Waals surface area contributed by atoms with Crippen LogP contribution >= 0.6 is 11.5 Å². The third-order valence-electron chi connectivity index (χ3n) is 6.72. The van der Waals surface area contributed by atoms with Gasteiger partial charge in [0.1, 0.15) is 10.8 Å². The van der Waals surface area contributed by atoms with Crippen LogP contribution in [0.2, 0.25) is 0 Å². The third kappa shape index (κ3) is 3.99. The summed E-state index contributed by atoms with van der Waals surface area (Å²) in [6.45, 7) is 6.89. The van der Waals surface area contributed by atoms with Gasteiger partial charge in [0, 0.05) is 37.2 Å². The summed E-state index contributed by atoms with van der Waals surface area (Å²) in [5.74, 6) is -2.96. The van der Waals surface area contributed by atoms with E-state index in [9.17, 15) is 13.2 Å². The molecule has 4 atom stereocenters. The van der Waals surface area contributed by atoms with Crippen LogP contribution in [0, 0.1) is 30.3 Å². The predicted octanol–water partition coefficient (Wildman–Crippen LogP) is 3.75. The molecule has 3 aliphatic rings. The summed E-state index contributed by atoms with van der Waals surface area (Å²) in [4.78, 5) is 7.15. The van der Waals surface area contributed by atoms with E-state index in [0.717, 1.165) is 44.2 Å². The number of halogens is 3. The first-order valence-electron chi connectivity index (χ1n) is 11.1. The van der Waals surface area contributed by atoms with E-state index in [0.29, 0.717) is 18.2 Å². The molecular weight excluding hydrogens is 437 g/mol. The molecule has 0 aliphatic carbocycles. The van der Waals surface area contributed by atoms with E-state index >= 15 is 0 Å². The lowest BCUT2D eigenvalue weighted by Crippen LogP contribution is -2.52. The summed E-state index contributed by atoms with van der Waals surface area (Å²) in [7, 11) is 0. The van der Waals surface area contributed by atoms with Gasteiger partial charge in [-0.1, -0.05) is 6.07 Å². The second-order valence-electron chi connectivity index (χ2n) is 8.89. The lowest BCUT2D eigenvalue weighted by atomic mass is 9.89. The number of aryl methyl sites for hydroxylation is 1. The Kier molecular flexibility index (Phi) is 5.85. The minimum Gasteiger partial charge on any atom is -0.362 e. The standard InChI is InChI=1S/C22H27F3N6S/c1-12-10-18(32-29-12)30-9-7-14(11-30)13(2)26-22-27-21-16(4-3-8-31(21)28-22)15-5-6-17(23)20(25)19(15)24/h5-6,10,13-14,16,22,26,28H,3-4,7-9,11H2,1-2H3. The number of aliphatic imine (C=N–C) groups is 1. The molecule has 10 heteroatoms. The minimum atomic E-state index is -1.42. The maximum absolute atomic E-state index is 14.5. The zero-order valence-corrected chi connectivity index (χ0v) is 18.9. The largest absolute Gasteiger partial charge is 0.362 e. The van der Waals surface area contributed by atoms with Crippen molar-refractivity contribution in [1.29, 1.82) is 0 Å². The van der Waals surface area contributed by atoms with E-state index in [1.165, 1.54) is 11.1 Å². The minimum absolute atomic E-state index is 0.161. The summed E-state index contributed by atoms with van der Waals surface area (Å²) in [6.07, 6.45) is 2.21. The first-order valence-corrected chi connectivity index (χ1v) is 11.9. The van der Waals surface area contributed by atoms with Crippen LogP contribution in [-0.4, -0.2) is 47.2 Å². The van der Waals surface area contributed by atoms with Crippen molar-refractivity contribution >= 4 is 22.4 Å². The Bertz CT molecular complexity index is 1030. The van der Waals surface area contributed by atoms with Crippen molar-refractivity contribution in [2.24, 2.45) is 10.9 Å². The zero-order valence-electron chi connectivity index (χ0n) is 18.1. The number of amidine groups is 1. The molecule has 1 aromatic carbocycles. The van der Waals surface area contributed by atoms with Gasteiger partial charge in [-0.3, -0.25) is 10.3 Å². The maximum Gasteiger partial charge on any atom is 0.194 e. The Morgan fingerprint density at radius 1 is 1.19 bits per heavy atom. The van der Waals surface area contributed by atoms with E-state index in [1.807, 2.05) is 11.9 Å². The lowest BCUT2D eigenvalue weighted by Gasteiger charge is -2.32. The monoisotopic (exact) mass is 464 g/mol. The topological polar surface area (TPSA) is 55.8 Å². The zero-order chi connectivity index (χ0) is 22.4. The lowest BCUT2D eigenvalue weighted by molar-refractivity contribution is 0.227. The highest BCUT2D eigenvalue weighted by atomic mass is 32.1. The van der Waals surface area contributed by atoms with Gasteiger partial charge in [-0.05, 0) is 62.7 Å². The van der Waals surface area contributed by atoms with Gasteiger partial charge in [-0.15, -0.1) is 0 Å². The van der Waals surface area contributed by atoms with Gasteiger partial charge in [0.2, 0.25) is 0 Å². The number of nitrogens with one attached hydrogen (secondary N) is 2. The summed E-state index contributed by atoms with van der Waals surface area (Å²) < 4.78 is 46.1. The maximum atomic E-state index is 14.5. The molecule has 0 bridgehead atoms. The number of anilines is 1. The molecule has 2 N–H and O–H groups in total. The van der Waals surface area contributed by atoms with E-state index in [-0.39, 0.29) is 17.9 Å². The van der Waals surface area contributed by atoms with Crippen molar-refractivity contribution in [2.45, 2.75) is 51.4 Å². The fourth-order valence-corrected chi connectivity index (χ4v) is 5.74. The van der Waals surface area contributed by atoms with Gasteiger partial charge in [0.25, 0.3) is 0 Å². The molecule has 5 rings (SSSR count). The van der Waals surface area contributed by atoms with Crippen molar-refractivity contribution < 1.29 is 13.2 Å². The highest BCUT2D eigenvalue weighted by Gasteiger charge is 2.37. The Morgan fingerprint density at radius 3 is 2.81 bits per heavy atom. The van der Waals surface area contributed by atoms with E-state index in [4.69, 9.17) is 4.99 Å². The summed E-state index contributed by atoms with van der Waals surface area (Å²) in [5.41, 5.74) is 4.56. The molecule has 32 heavy (non-hydrogen) atoms. The molecule has 2 fully saturated rings. The molecule has 0 saturated carbocycles. The molecular formula is C22H27F3N6S. The smallest absolute Gasteiger partial charge is 0.194 e. The second kappa shape index (κ2) is 8.64. The molecule has 4 heterocycles. The van der Waals surface area contributed by atoms with Crippen molar-refractivity contribution in [3.63, 3.8) is 0 Å². The molecule has 2 saturated heterocycles. The first-order chi connectivity index (χ1) is 15.4. The van der Waals surface area contributed by atoms with Crippen LogP contribution in [0.3, 0.4) is 0 Å². The van der Waals surface area contributed by atoms with Gasteiger partial charge in [-0.2, -0.15) is 9.80 Å². The third-order valence-corrected chi connectivity index (χ3v) is 7.66. The molecule has 3 aliphatic heterocycles. The number of piperidine rings is 1. The molecule has 0 radical (unpaired) electrons. The average Bonchev–Trinajstić information content (AvgIpc) is 3.51. The van der Waals surface area contributed by atoms with Crippen LogP contribution in [-0.2, 0) is 0 Å². The second-order valence-corrected chi connectivity index (χ2v) is 9.67. The molecule has 0 spiro atoms. The van der Waals surface area contributed by atoms with Crippen LogP contribution < -0.4 is 15.6 Å². The first kappa shape index (κ1) is 21.7. The Morgan fingerprint density at radius 2 is 2.03 bits per heavy atom. The van der Waals surface area contributed by atoms with Crippen molar-refractivity contribution in [2.75, 3.05) is 24.5 Å². The summed E-state index contributed by atoms with van der Waals surface area (Å²) >= 11 is 1.54. The fourth-order valence-electron chi connectivity index (χ4n) is 4.94. The van der Waals surface area contributed by atoms with Crippen LogP contribution in [0.25, 0.3) is 0 Å². The molecule has 172 valence electrons. The van der Waals surface area contributed by atoms with Crippen LogP contribution in [0.15, 0.2) is 23.2 Å². The highest BCUT2D eigenvalue weighted by molar-refractivity contribution is 7.10. The SMILES string of the molecule is Cc1cc(N2CCC(C(C)NC3N=C4C(c5ccc(F)c(F)c5F)CCCN4N3)C2)sn1. The quantitative estimate of drug-likeness (QED) is 0.660. The van der Waals surface area contributed by atoms with Gasteiger partial charge in [0.05, 0.1) is 5.69 Å². The van der Waals surface area contributed by atoms with Crippen LogP contribution in [0.1, 0.15) is 43.4 Å². The molecule has 0 amide bonds. The molecule has 1 aromatic heterocycles. The van der Waals surface area contributed by atoms with Crippen LogP contribution in [0.5, 0.6) is 0 Å². The highest BCUT2D eigenvalue weighted by Crippen LogP contribution is 2.34. The van der Waals surface area contributed by atoms with Gasteiger partial charge >= 0.3 is 0 Å². The number of fused-ring (bicyclic) bond motifs is 1. The van der Waals surface area contributed by atoms with Gasteiger partial charge in [0.15, 0.2) is 23.7 Å². The van der Waals surface area contributed by atoms with Crippen LogP contribution in [0.4, 0.5) is 18.2 Å². The van der Waals surface area contributed by atoms with Gasteiger partial charge in [-0.25, -0.2) is 18.2 Å². The molecule has 6 nitrogen and oxygen atoms in total. The van der Waals surface area contributed by atoms with Crippen molar-refractivity contribution in [1.82, 2.24) is 20.1 Å². The van der Waals surface area contributed by atoms with E-state index in [2.05, 4.69) is 33.0 Å². The number of benzene rings is 1. The Hall–Kier alpha value is -2.17. The normalized spacial score (nSPS) is 26.4. The number of hydrogen-bond acceptors (Lipinski definition) is 7. The summed E-state index contributed by atoms with van der Waals surface area (Å²) in [5, 5.41) is 6.68. The summed E-state index contributed by atoms with van der Waals surface area (Å²) in [6, 6.07) is 4.67. The number of aromatic nitrogens is 1. The molecule has 4 unspecified atom stereocenters. The number of hydrazine groups is 1. The molecule has 2 aromatic rings. The average molecular weight is 465 g/mol. The Balaban J connectivity index is 1.27. The number of rotatable bonds is 5. The Labute approximate surface area is 189 Å².